The zero-order valence-electron chi connectivity index (χ0n) is 16.1. The molecule has 29 heavy (non-hydrogen) atoms. The van der Waals surface area contributed by atoms with E-state index in [9.17, 15) is 9.59 Å². The third-order valence-electron chi connectivity index (χ3n) is 4.54. The Labute approximate surface area is 175 Å². The van der Waals surface area contributed by atoms with E-state index in [4.69, 9.17) is 11.6 Å². The second-order valence-electron chi connectivity index (χ2n) is 6.67. The Kier molecular flexibility index (Phi) is 6.98. The summed E-state index contributed by atoms with van der Waals surface area (Å²) in [5, 5.41) is 3.56. The van der Waals surface area contributed by atoms with E-state index in [0.717, 1.165) is 16.7 Å². The van der Waals surface area contributed by atoms with Gasteiger partial charge in [0.1, 0.15) is 6.04 Å². The van der Waals surface area contributed by atoms with Crippen LogP contribution in [0.25, 0.3) is 0 Å². The standard InChI is InChI=1S/C23H22ClN3O2/c1-17(28)27(16-18-9-11-21(24)12-10-18)22(20-7-3-2-4-8-20)23(29)26-15-19-6-5-13-25-14-19/h2-14,22H,15-16H2,1H3,(H,26,29)/t22-/m0/s1. The van der Waals surface area contributed by atoms with Gasteiger partial charge in [0.2, 0.25) is 11.8 Å². The molecule has 0 aliphatic rings. The van der Waals surface area contributed by atoms with Crippen molar-refractivity contribution >= 4 is 23.4 Å². The second kappa shape index (κ2) is 9.85. The summed E-state index contributed by atoms with van der Waals surface area (Å²) in [6.45, 7) is 2.11. The van der Waals surface area contributed by atoms with E-state index in [2.05, 4.69) is 10.3 Å². The minimum atomic E-state index is -0.749. The van der Waals surface area contributed by atoms with Crippen LogP contribution in [0.1, 0.15) is 29.7 Å². The average Bonchev–Trinajstić information content (AvgIpc) is 2.74. The highest BCUT2D eigenvalue weighted by molar-refractivity contribution is 6.30. The normalized spacial score (nSPS) is 11.5. The molecule has 3 aromatic rings. The van der Waals surface area contributed by atoms with Crippen molar-refractivity contribution in [3.05, 3.63) is 101 Å². The van der Waals surface area contributed by atoms with Crippen molar-refractivity contribution in [3.8, 4) is 0 Å². The maximum atomic E-state index is 13.2. The first-order valence-corrected chi connectivity index (χ1v) is 9.65. The van der Waals surface area contributed by atoms with Crippen molar-refractivity contribution < 1.29 is 9.59 Å². The number of amides is 2. The molecule has 0 saturated carbocycles. The fourth-order valence-electron chi connectivity index (χ4n) is 3.07. The molecule has 0 unspecified atom stereocenters. The monoisotopic (exact) mass is 407 g/mol. The van der Waals surface area contributed by atoms with E-state index in [-0.39, 0.29) is 11.8 Å². The van der Waals surface area contributed by atoms with Gasteiger partial charge in [0.15, 0.2) is 0 Å². The number of carbonyl (C=O) groups excluding carboxylic acids is 2. The van der Waals surface area contributed by atoms with Crippen molar-refractivity contribution in [1.82, 2.24) is 15.2 Å². The van der Waals surface area contributed by atoms with Crippen LogP contribution in [0.4, 0.5) is 0 Å². The van der Waals surface area contributed by atoms with Crippen LogP contribution in [0.5, 0.6) is 0 Å². The Bertz CT molecular complexity index is 947. The number of aromatic nitrogens is 1. The van der Waals surface area contributed by atoms with Crippen molar-refractivity contribution in [3.63, 3.8) is 0 Å². The van der Waals surface area contributed by atoms with Crippen molar-refractivity contribution in [2.75, 3.05) is 0 Å². The van der Waals surface area contributed by atoms with Gasteiger partial charge in [0.05, 0.1) is 0 Å². The molecule has 0 spiro atoms. The van der Waals surface area contributed by atoms with Crippen LogP contribution in [0.3, 0.4) is 0 Å². The quantitative estimate of drug-likeness (QED) is 0.640. The third kappa shape index (κ3) is 5.65. The summed E-state index contributed by atoms with van der Waals surface area (Å²) < 4.78 is 0. The smallest absolute Gasteiger partial charge is 0.247 e. The zero-order valence-corrected chi connectivity index (χ0v) is 16.8. The van der Waals surface area contributed by atoms with Crippen molar-refractivity contribution in [2.45, 2.75) is 26.1 Å². The Hall–Kier alpha value is -3.18. The highest BCUT2D eigenvalue weighted by Crippen LogP contribution is 2.24. The minimum Gasteiger partial charge on any atom is -0.350 e. The van der Waals surface area contributed by atoms with Crippen LogP contribution in [0.2, 0.25) is 5.02 Å². The van der Waals surface area contributed by atoms with Gasteiger partial charge in [-0.25, -0.2) is 0 Å². The maximum absolute atomic E-state index is 13.2. The summed E-state index contributed by atoms with van der Waals surface area (Å²) in [6.07, 6.45) is 3.38. The molecule has 0 fully saturated rings. The summed E-state index contributed by atoms with van der Waals surface area (Å²) in [5.74, 6) is -0.436. The number of hydrogen-bond donors (Lipinski definition) is 1. The van der Waals surface area contributed by atoms with Gasteiger partial charge >= 0.3 is 0 Å². The largest absolute Gasteiger partial charge is 0.350 e. The molecule has 5 nitrogen and oxygen atoms in total. The zero-order chi connectivity index (χ0) is 20.6. The SMILES string of the molecule is CC(=O)N(Cc1ccc(Cl)cc1)[C@H](C(=O)NCc1cccnc1)c1ccccc1. The first-order chi connectivity index (χ1) is 14.0. The number of nitrogens with one attached hydrogen (secondary N) is 1. The molecule has 0 saturated heterocycles. The highest BCUT2D eigenvalue weighted by atomic mass is 35.5. The number of nitrogens with zero attached hydrogens (tertiary/aromatic N) is 2. The lowest BCUT2D eigenvalue weighted by Gasteiger charge is -2.30. The lowest BCUT2D eigenvalue weighted by atomic mass is 10.0. The first kappa shape index (κ1) is 20.6. The molecule has 0 radical (unpaired) electrons. The predicted molar refractivity (Wildman–Crippen MR) is 113 cm³/mol. The van der Waals surface area contributed by atoms with Crippen LogP contribution < -0.4 is 5.32 Å². The number of benzene rings is 2. The Morgan fingerprint density at radius 1 is 1.00 bits per heavy atom. The van der Waals surface area contributed by atoms with Crippen LogP contribution in [-0.4, -0.2) is 21.7 Å². The molecule has 0 bridgehead atoms. The molecule has 1 heterocycles. The molecular formula is C23H22ClN3O2. The van der Waals surface area contributed by atoms with Crippen LogP contribution in [-0.2, 0) is 22.7 Å². The van der Waals surface area contributed by atoms with Gasteiger partial charge in [0.25, 0.3) is 0 Å². The molecule has 148 valence electrons. The van der Waals surface area contributed by atoms with Crippen molar-refractivity contribution in [2.24, 2.45) is 0 Å². The summed E-state index contributed by atoms with van der Waals surface area (Å²) in [7, 11) is 0. The summed E-state index contributed by atoms with van der Waals surface area (Å²) >= 11 is 5.97. The topological polar surface area (TPSA) is 62.3 Å². The predicted octanol–water partition coefficient (Wildman–Crippen LogP) is 4.14. The van der Waals surface area contributed by atoms with Crippen LogP contribution >= 0.6 is 11.6 Å². The molecule has 0 aliphatic carbocycles. The van der Waals surface area contributed by atoms with E-state index in [0.29, 0.717) is 18.1 Å². The van der Waals surface area contributed by atoms with E-state index < -0.39 is 6.04 Å². The molecule has 2 aromatic carbocycles. The van der Waals surface area contributed by atoms with Gasteiger partial charge in [-0.3, -0.25) is 14.6 Å². The molecule has 6 heteroatoms. The van der Waals surface area contributed by atoms with E-state index in [1.807, 2.05) is 54.6 Å². The first-order valence-electron chi connectivity index (χ1n) is 9.28. The molecule has 1 atom stereocenters. The lowest BCUT2D eigenvalue weighted by molar-refractivity contribution is -0.140. The fourth-order valence-corrected chi connectivity index (χ4v) is 3.19. The Morgan fingerprint density at radius 2 is 1.72 bits per heavy atom. The average molecular weight is 408 g/mol. The van der Waals surface area contributed by atoms with Gasteiger partial charge in [-0.2, -0.15) is 0 Å². The Morgan fingerprint density at radius 3 is 2.34 bits per heavy atom. The molecular weight excluding hydrogens is 386 g/mol. The Balaban J connectivity index is 1.86. The summed E-state index contributed by atoms with van der Waals surface area (Å²) in [6, 6.07) is 19.5. The van der Waals surface area contributed by atoms with Crippen molar-refractivity contribution in [1.29, 1.82) is 0 Å². The number of pyridine rings is 1. The fraction of sp³-hybridized carbons (Fsp3) is 0.174. The number of halogens is 1. The molecule has 1 N–H and O–H groups in total. The van der Waals surface area contributed by atoms with Gasteiger partial charge in [-0.05, 0) is 34.9 Å². The third-order valence-corrected chi connectivity index (χ3v) is 4.79. The number of hydrogen-bond acceptors (Lipinski definition) is 3. The lowest BCUT2D eigenvalue weighted by Crippen LogP contribution is -2.42. The molecule has 0 aliphatic heterocycles. The maximum Gasteiger partial charge on any atom is 0.247 e. The van der Waals surface area contributed by atoms with Gasteiger partial charge in [-0.1, -0.05) is 60.1 Å². The second-order valence-corrected chi connectivity index (χ2v) is 7.10. The van der Waals surface area contributed by atoms with E-state index >= 15 is 0 Å². The van der Waals surface area contributed by atoms with Crippen LogP contribution in [0, 0.1) is 0 Å². The highest BCUT2D eigenvalue weighted by Gasteiger charge is 2.29. The van der Waals surface area contributed by atoms with E-state index in [1.165, 1.54) is 6.92 Å². The molecule has 1 aromatic heterocycles. The minimum absolute atomic E-state index is 0.190. The molecule has 3 rings (SSSR count). The van der Waals surface area contributed by atoms with Gasteiger partial charge in [0, 0.05) is 37.4 Å². The summed E-state index contributed by atoms with van der Waals surface area (Å²) in [5.41, 5.74) is 2.53. The number of carbonyl (C=O) groups is 2. The van der Waals surface area contributed by atoms with E-state index in [1.54, 1.807) is 29.4 Å². The van der Waals surface area contributed by atoms with Gasteiger partial charge < -0.3 is 10.2 Å². The van der Waals surface area contributed by atoms with Crippen LogP contribution in [0.15, 0.2) is 79.1 Å². The molecule has 2 amide bonds. The summed E-state index contributed by atoms with van der Waals surface area (Å²) in [4.78, 5) is 31.3. The van der Waals surface area contributed by atoms with Gasteiger partial charge in [-0.15, -0.1) is 0 Å². The number of rotatable bonds is 7.